The molecule has 30 heavy (non-hydrogen) atoms. The summed E-state index contributed by atoms with van der Waals surface area (Å²) in [6.07, 6.45) is 5.41. The molecule has 2 aromatic rings. The minimum Gasteiger partial charge on any atom is -0.407 e. The van der Waals surface area contributed by atoms with Crippen LogP contribution in [-0.4, -0.2) is 20.7 Å². The van der Waals surface area contributed by atoms with E-state index >= 15 is 0 Å². The highest BCUT2D eigenvalue weighted by atomic mass is 28.4. The van der Waals surface area contributed by atoms with Crippen molar-refractivity contribution >= 4 is 24.5 Å². The first kappa shape index (κ1) is 21.5. The fourth-order valence-corrected chi connectivity index (χ4v) is 10.8. The minimum atomic E-state index is -2.47. The maximum Gasteiger partial charge on any atom is 0.261 e. The second-order valence-electron chi connectivity index (χ2n) is 10.6. The van der Waals surface area contributed by atoms with E-state index in [0.717, 1.165) is 25.7 Å². The van der Waals surface area contributed by atoms with E-state index in [4.69, 9.17) is 4.43 Å². The molecule has 2 nitrogen and oxygen atoms in total. The SMILES string of the molecule is CC(C)(C)[Si](OCCC[C@]1(C)C(=O)[C@H]2CC[C@@H]1C2)(c1ccccc1)c1ccccc1. The summed E-state index contributed by atoms with van der Waals surface area (Å²) in [4.78, 5) is 12.8. The number of carbonyl (C=O) groups excluding carboxylic acids is 1. The van der Waals surface area contributed by atoms with Gasteiger partial charge in [-0.15, -0.1) is 0 Å². The maximum absolute atomic E-state index is 12.8. The summed E-state index contributed by atoms with van der Waals surface area (Å²) in [6, 6.07) is 21.6. The number of benzene rings is 2. The standard InChI is InChI=1S/C27H36O2Si/c1-26(2,3)30(23-12-7-5-8-13-23,24-14-9-6-10-15-24)29-19-11-18-27(4)22-17-16-21(20-22)25(27)28/h5-10,12-15,21-22H,11,16-20H2,1-4H3/t21-,22+,27-/m0/s1. The van der Waals surface area contributed by atoms with Crippen molar-refractivity contribution in [3.05, 3.63) is 60.7 Å². The first-order valence-electron chi connectivity index (χ1n) is 11.6. The molecule has 0 aliphatic heterocycles. The molecule has 2 saturated carbocycles. The molecule has 0 saturated heterocycles. The second-order valence-corrected chi connectivity index (χ2v) is 14.9. The molecule has 0 aromatic heterocycles. The fraction of sp³-hybridized carbons (Fsp3) is 0.519. The zero-order chi connectivity index (χ0) is 21.4. The van der Waals surface area contributed by atoms with Gasteiger partial charge in [0, 0.05) is 17.9 Å². The van der Waals surface area contributed by atoms with Gasteiger partial charge in [0.05, 0.1) is 0 Å². The molecule has 0 spiro atoms. The molecule has 2 aliphatic carbocycles. The summed E-state index contributed by atoms with van der Waals surface area (Å²) in [6.45, 7) is 9.90. The van der Waals surface area contributed by atoms with Gasteiger partial charge in [-0.3, -0.25) is 4.79 Å². The normalized spacial score (nSPS) is 26.3. The predicted octanol–water partition coefficient (Wildman–Crippen LogP) is 5.35. The Labute approximate surface area is 183 Å². The van der Waals surface area contributed by atoms with Crippen molar-refractivity contribution < 1.29 is 9.22 Å². The first-order valence-corrected chi connectivity index (χ1v) is 13.5. The van der Waals surface area contributed by atoms with Crippen LogP contribution in [0, 0.1) is 17.3 Å². The third-order valence-corrected chi connectivity index (χ3v) is 12.9. The van der Waals surface area contributed by atoms with Crippen molar-refractivity contribution in [2.45, 2.75) is 64.8 Å². The topological polar surface area (TPSA) is 26.3 Å². The van der Waals surface area contributed by atoms with Crippen LogP contribution >= 0.6 is 0 Å². The molecular formula is C27H36O2Si. The lowest BCUT2D eigenvalue weighted by molar-refractivity contribution is -0.131. The average molecular weight is 421 g/mol. The van der Waals surface area contributed by atoms with Gasteiger partial charge in [0.2, 0.25) is 0 Å². The van der Waals surface area contributed by atoms with E-state index in [2.05, 4.69) is 88.4 Å². The van der Waals surface area contributed by atoms with Crippen LogP contribution in [0.15, 0.2) is 60.7 Å². The predicted molar refractivity (Wildman–Crippen MR) is 127 cm³/mol. The van der Waals surface area contributed by atoms with Crippen LogP contribution in [0.25, 0.3) is 0 Å². The molecular weight excluding hydrogens is 384 g/mol. The highest BCUT2D eigenvalue weighted by Crippen LogP contribution is 2.55. The summed E-state index contributed by atoms with van der Waals surface area (Å²) < 4.78 is 7.01. The van der Waals surface area contributed by atoms with Crippen LogP contribution in [0.3, 0.4) is 0 Å². The van der Waals surface area contributed by atoms with E-state index in [0.29, 0.717) is 24.2 Å². The third-order valence-electron chi connectivity index (χ3n) is 7.84. The maximum atomic E-state index is 12.8. The van der Waals surface area contributed by atoms with E-state index in [1.165, 1.54) is 16.8 Å². The second kappa shape index (κ2) is 8.09. The summed E-state index contributed by atoms with van der Waals surface area (Å²) in [5, 5.41) is 2.65. The van der Waals surface area contributed by atoms with Crippen molar-refractivity contribution in [2.24, 2.45) is 17.3 Å². The van der Waals surface area contributed by atoms with E-state index in [9.17, 15) is 4.79 Å². The minimum absolute atomic E-state index is 0.00184. The van der Waals surface area contributed by atoms with E-state index in [1.54, 1.807) is 0 Å². The Bertz CT molecular complexity index is 831. The lowest BCUT2D eigenvalue weighted by Crippen LogP contribution is -2.66. The summed E-state index contributed by atoms with van der Waals surface area (Å²) in [5.74, 6) is 1.48. The van der Waals surface area contributed by atoms with Crippen LogP contribution < -0.4 is 10.4 Å². The van der Waals surface area contributed by atoms with Crippen LogP contribution in [0.2, 0.25) is 5.04 Å². The number of rotatable bonds is 7. The number of hydrogen-bond donors (Lipinski definition) is 0. The smallest absolute Gasteiger partial charge is 0.261 e. The zero-order valence-electron chi connectivity index (χ0n) is 19.0. The van der Waals surface area contributed by atoms with Crippen LogP contribution in [0.1, 0.15) is 59.8 Å². The van der Waals surface area contributed by atoms with Gasteiger partial charge in [0.25, 0.3) is 8.32 Å². The quantitative estimate of drug-likeness (QED) is 0.446. The monoisotopic (exact) mass is 420 g/mol. The molecule has 3 atom stereocenters. The van der Waals surface area contributed by atoms with Crippen molar-refractivity contribution in [2.75, 3.05) is 6.61 Å². The Hall–Kier alpha value is -1.71. The highest BCUT2D eigenvalue weighted by molar-refractivity contribution is 6.99. The Balaban J connectivity index is 1.57. The van der Waals surface area contributed by atoms with Gasteiger partial charge in [-0.1, -0.05) is 88.4 Å². The van der Waals surface area contributed by atoms with Gasteiger partial charge in [-0.05, 0) is 53.4 Å². The summed E-state index contributed by atoms with van der Waals surface area (Å²) >= 11 is 0. The van der Waals surface area contributed by atoms with Crippen molar-refractivity contribution in [1.29, 1.82) is 0 Å². The molecule has 2 aromatic carbocycles. The van der Waals surface area contributed by atoms with Crippen molar-refractivity contribution in [3.8, 4) is 0 Å². The van der Waals surface area contributed by atoms with Crippen molar-refractivity contribution in [1.82, 2.24) is 0 Å². The van der Waals surface area contributed by atoms with Crippen molar-refractivity contribution in [3.63, 3.8) is 0 Å². The van der Waals surface area contributed by atoms with Crippen LogP contribution in [-0.2, 0) is 9.22 Å². The lowest BCUT2D eigenvalue weighted by Gasteiger charge is -2.43. The fourth-order valence-electron chi connectivity index (χ4n) is 6.22. The Morgan fingerprint density at radius 3 is 2.00 bits per heavy atom. The zero-order valence-corrected chi connectivity index (χ0v) is 20.0. The molecule has 2 fully saturated rings. The molecule has 0 unspecified atom stereocenters. The van der Waals surface area contributed by atoms with Gasteiger partial charge in [-0.25, -0.2) is 0 Å². The molecule has 2 aliphatic rings. The molecule has 0 heterocycles. The largest absolute Gasteiger partial charge is 0.407 e. The molecule has 0 N–H and O–H groups in total. The molecule has 4 rings (SSSR count). The van der Waals surface area contributed by atoms with Gasteiger partial charge >= 0.3 is 0 Å². The van der Waals surface area contributed by atoms with Gasteiger partial charge in [0.15, 0.2) is 0 Å². The Kier molecular flexibility index (Phi) is 5.80. The van der Waals surface area contributed by atoms with Crippen LogP contribution in [0.5, 0.6) is 0 Å². The van der Waals surface area contributed by atoms with Gasteiger partial charge in [0.1, 0.15) is 5.78 Å². The Morgan fingerprint density at radius 1 is 0.967 bits per heavy atom. The lowest BCUT2D eigenvalue weighted by atomic mass is 9.71. The first-order chi connectivity index (χ1) is 14.3. The highest BCUT2D eigenvalue weighted by Gasteiger charge is 2.54. The Morgan fingerprint density at radius 2 is 1.53 bits per heavy atom. The summed E-state index contributed by atoms with van der Waals surface area (Å²) in [5.41, 5.74) is -0.113. The average Bonchev–Trinajstić information content (AvgIpc) is 3.31. The molecule has 160 valence electrons. The van der Waals surface area contributed by atoms with E-state index in [1.807, 2.05) is 0 Å². The van der Waals surface area contributed by atoms with Crippen LogP contribution in [0.4, 0.5) is 0 Å². The number of Topliss-reactive ketones (excluding diaryl/α,β-unsaturated/α-hetero) is 1. The number of carbonyl (C=O) groups is 1. The number of hydrogen-bond acceptors (Lipinski definition) is 2. The molecule has 0 amide bonds. The third kappa shape index (κ3) is 3.50. The van der Waals surface area contributed by atoms with Gasteiger partial charge < -0.3 is 4.43 Å². The van der Waals surface area contributed by atoms with Gasteiger partial charge in [-0.2, -0.15) is 0 Å². The molecule has 2 bridgehead atoms. The van der Waals surface area contributed by atoms with E-state index in [-0.39, 0.29) is 10.5 Å². The van der Waals surface area contributed by atoms with E-state index < -0.39 is 8.32 Å². The molecule has 0 radical (unpaired) electrons. The summed E-state index contributed by atoms with van der Waals surface area (Å²) in [7, 11) is -2.47. The molecule has 3 heteroatoms. The number of fused-ring (bicyclic) bond motifs is 2. The number of ketones is 1.